The van der Waals surface area contributed by atoms with Crippen molar-refractivity contribution in [2.75, 3.05) is 0 Å². The van der Waals surface area contributed by atoms with Crippen molar-refractivity contribution < 1.29 is 9.59 Å². The number of isocyanates is 2. The maximum atomic E-state index is 10.5. The van der Waals surface area contributed by atoms with E-state index in [9.17, 15) is 9.59 Å². The van der Waals surface area contributed by atoms with Gasteiger partial charge in [-0.3, -0.25) is 0 Å². The number of rotatable bonds is 4. The molecule has 0 atom stereocenters. The molecule has 0 spiro atoms. The fraction of sp³-hybridized carbons (Fsp3) is 0.0667. The molecular weight excluding hydrogens is 268 g/mol. The van der Waals surface area contributed by atoms with Crippen LogP contribution >= 0.6 is 0 Å². The smallest absolute Gasteiger partial charge is 0.211 e. The van der Waals surface area contributed by atoms with Crippen LogP contribution in [-0.2, 0) is 9.59 Å². The minimum atomic E-state index is 0.240. The highest BCUT2D eigenvalue weighted by atomic mass is 16.1. The van der Waals surface area contributed by atoms with Crippen LogP contribution in [0.4, 0.5) is 22.7 Å². The normalized spacial score (nSPS) is 9.95. The Morgan fingerprint density at radius 3 is 2.14 bits per heavy atom. The molecule has 0 N–H and O–H groups in total. The van der Waals surface area contributed by atoms with Crippen molar-refractivity contribution in [2.24, 2.45) is 20.2 Å². The van der Waals surface area contributed by atoms with Gasteiger partial charge in [-0.25, -0.2) is 9.59 Å². The van der Waals surface area contributed by atoms with Gasteiger partial charge >= 0.3 is 0 Å². The Balaban J connectivity index is 2.47. The van der Waals surface area contributed by atoms with Crippen LogP contribution in [0.2, 0.25) is 0 Å². The van der Waals surface area contributed by atoms with Gasteiger partial charge in [-0.15, -0.1) is 5.11 Å². The predicted molar refractivity (Wildman–Crippen MR) is 77.4 cm³/mol. The zero-order chi connectivity index (χ0) is 15.1. The van der Waals surface area contributed by atoms with Gasteiger partial charge in [-0.2, -0.15) is 15.1 Å². The van der Waals surface area contributed by atoms with E-state index in [4.69, 9.17) is 0 Å². The molecule has 21 heavy (non-hydrogen) atoms. The summed E-state index contributed by atoms with van der Waals surface area (Å²) in [4.78, 5) is 27.9. The van der Waals surface area contributed by atoms with E-state index >= 15 is 0 Å². The van der Waals surface area contributed by atoms with Crippen molar-refractivity contribution in [2.45, 2.75) is 6.92 Å². The molecule has 0 heterocycles. The Kier molecular flexibility index (Phi) is 4.62. The van der Waals surface area contributed by atoms with Crippen LogP contribution in [0.15, 0.2) is 62.7 Å². The van der Waals surface area contributed by atoms with Crippen LogP contribution in [0.3, 0.4) is 0 Å². The van der Waals surface area contributed by atoms with Gasteiger partial charge < -0.3 is 0 Å². The molecule has 6 heteroatoms. The number of benzene rings is 2. The van der Waals surface area contributed by atoms with E-state index < -0.39 is 0 Å². The second-order valence-electron chi connectivity index (χ2n) is 4.07. The molecule has 2 rings (SSSR count). The summed E-state index contributed by atoms with van der Waals surface area (Å²) in [5.74, 6) is 0. The molecule has 102 valence electrons. The SMILES string of the molecule is Cc1cc(N=Nc2ccccc2)c(N=C=O)cc1N=C=O. The third-order valence-electron chi connectivity index (χ3n) is 2.65. The van der Waals surface area contributed by atoms with Crippen LogP contribution < -0.4 is 0 Å². The molecule has 0 radical (unpaired) electrons. The van der Waals surface area contributed by atoms with E-state index in [1.54, 1.807) is 25.1 Å². The Bertz CT molecular complexity index is 772. The average molecular weight is 278 g/mol. The van der Waals surface area contributed by atoms with E-state index in [-0.39, 0.29) is 5.69 Å². The standard InChI is InChI=1S/C15H10N4O2/c1-11-7-15(19-18-12-5-3-2-4-6-12)14(17-10-21)8-13(11)16-9-20/h2-8H,1H3. The lowest BCUT2D eigenvalue weighted by Crippen LogP contribution is -1.76. The third-order valence-corrected chi connectivity index (χ3v) is 2.65. The van der Waals surface area contributed by atoms with Gasteiger partial charge in [0.1, 0.15) is 11.4 Å². The fourth-order valence-electron chi connectivity index (χ4n) is 1.66. The van der Waals surface area contributed by atoms with Gasteiger partial charge in [0.2, 0.25) is 12.2 Å². The zero-order valence-corrected chi connectivity index (χ0v) is 11.1. The van der Waals surface area contributed by atoms with Crippen LogP contribution in [0, 0.1) is 6.92 Å². The van der Waals surface area contributed by atoms with Crippen molar-refractivity contribution >= 4 is 34.9 Å². The molecule has 0 bridgehead atoms. The largest absolute Gasteiger partial charge is 0.240 e. The minimum Gasteiger partial charge on any atom is -0.211 e. The number of nitrogens with zero attached hydrogens (tertiary/aromatic N) is 4. The first-order chi connectivity index (χ1) is 10.2. The molecular formula is C15H10N4O2. The Labute approximate surface area is 120 Å². The molecule has 0 aromatic heterocycles. The Hall–Kier alpha value is -3.20. The quantitative estimate of drug-likeness (QED) is 0.473. The van der Waals surface area contributed by atoms with E-state index in [1.165, 1.54) is 18.2 Å². The lowest BCUT2D eigenvalue weighted by molar-refractivity contribution is 0.565. The molecule has 0 unspecified atom stereocenters. The number of hydrogen-bond donors (Lipinski definition) is 0. The fourth-order valence-corrected chi connectivity index (χ4v) is 1.66. The molecule has 2 aromatic carbocycles. The molecule has 0 saturated heterocycles. The molecule has 0 aliphatic carbocycles. The number of azo groups is 1. The monoisotopic (exact) mass is 278 g/mol. The number of hydrogen-bond acceptors (Lipinski definition) is 6. The highest BCUT2D eigenvalue weighted by molar-refractivity contribution is 5.73. The molecule has 0 amide bonds. The number of carbonyl (C=O) groups excluding carboxylic acids is 2. The first-order valence-corrected chi connectivity index (χ1v) is 6.02. The Morgan fingerprint density at radius 1 is 0.810 bits per heavy atom. The van der Waals surface area contributed by atoms with Crippen LogP contribution in [0.25, 0.3) is 0 Å². The molecule has 0 aliphatic heterocycles. The van der Waals surface area contributed by atoms with E-state index in [1.807, 2.05) is 18.2 Å². The summed E-state index contributed by atoms with van der Waals surface area (Å²) >= 11 is 0. The first kappa shape index (κ1) is 14.2. The van der Waals surface area contributed by atoms with Gasteiger partial charge in [0.25, 0.3) is 0 Å². The van der Waals surface area contributed by atoms with Crippen LogP contribution in [-0.4, -0.2) is 12.2 Å². The van der Waals surface area contributed by atoms with Crippen LogP contribution in [0.5, 0.6) is 0 Å². The second kappa shape index (κ2) is 6.82. The molecule has 0 aliphatic rings. The van der Waals surface area contributed by atoms with Gasteiger partial charge in [-0.1, -0.05) is 18.2 Å². The lowest BCUT2D eigenvalue weighted by atomic mass is 10.1. The van der Waals surface area contributed by atoms with Crippen molar-refractivity contribution in [1.29, 1.82) is 0 Å². The summed E-state index contributed by atoms with van der Waals surface area (Å²) in [6, 6.07) is 12.2. The highest BCUT2D eigenvalue weighted by Gasteiger charge is 2.06. The molecule has 0 fully saturated rings. The van der Waals surface area contributed by atoms with E-state index in [2.05, 4.69) is 20.2 Å². The minimum absolute atomic E-state index is 0.240. The van der Waals surface area contributed by atoms with E-state index in [0.717, 1.165) is 0 Å². The molecule has 2 aromatic rings. The number of aliphatic imine (C=N–C) groups is 2. The van der Waals surface area contributed by atoms with Gasteiger partial charge in [-0.05, 0) is 36.8 Å². The van der Waals surface area contributed by atoms with Crippen molar-refractivity contribution in [3.8, 4) is 0 Å². The topological polar surface area (TPSA) is 83.6 Å². The van der Waals surface area contributed by atoms with Crippen LogP contribution in [0.1, 0.15) is 5.56 Å². The first-order valence-electron chi connectivity index (χ1n) is 6.02. The summed E-state index contributed by atoms with van der Waals surface area (Å²) in [5, 5.41) is 8.13. The zero-order valence-electron chi connectivity index (χ0n) is 11.1. The van der Waals surface area contributed by atoms with Crippen molar-refractivity contribution in [1.82, 2.24) is 0 Å². The molecule has 0 saturated carbocycles. The lowest BCUT2D eigenvalue weighted by Gasteiger charge is -2.02. The number of aryl methyl sites for hydroxylation is 1. The predicted octanol–water partition coefficient (Wildman–Crippen LogP) is 4.35. The average Bonchev–Trinajstić information content (AvgIpc) is 2.50. The third kappa shape index (κ3) is 3.64. The summed E-state index contributed by atoms with van der Waals surface area (Å²) in [5.41, 5.74) is 2.38. The van der Waals surface area contributed by atoms with Gasteiger partial charge in [0.15, 0.2) is 0 Å². The molecule has 6 nitrogen and oxygen atoms in total. The summed E-state index contributed by atoms with van der Waals surface area (Å²) in [6.45, 7) is 1.76. The van der Waals surface area contributed by atoms with Crippen molar-refractivity contribution in [3.05, 3.63) is 48.0 Å². The maximum absolute atomic E-state index is 10.5. The Morgan fingerprint density at radius 2 is 1.48 bits per heavy atom. The highest BCUT2D eigenvalue weighted by Crippen LogP contribution is 2.35. The van der Waals surface area contributed by atoms with E-state index in [0.29, 0.717) is 22.6 Å². The summed E-state index contributed by atoms with van der Waals surface area (Å²) in [6.07, 6.45) is 2.90. The van der Waals surface area contributed by atoms with Gasteiger partial charge in [0, 0.05) is 0 Å². The van der Waals surface area contributed by atoms with Gasteiger partial charge in [0.05, 0.1) is 11.4 Å². The summed E-state index contributed by atoms with van der Waals surface area (Å²) in [7, 11) is 0. The summed E-state index contributed by atoms with van der Waals surface area (Å²) < 4.78 is 0. The maximum Gasteiger partial charge on any atom is 0.240 e. The van der Waals surface area contributed by atoms with Crippen molar-refractivity contribution in [3.63, 3.8) is 0 Å². The second-order valence-corrected chi connectivity index (χ2v) is 4.07.